The first kappa shape index (κ1) is 18.1. The molecule has 0 bridgehead atoms. The largest absolute Gasteiger partial charge is 0.378 e. The van der Waals surface area contributed by atoms with Crippen molar-refractivity contribution in [2.24, 2.45) is 11.8 Å². The molecule has 0 aliphatic carbocycles. The van der Waals surface area contributed by atoms with Crippen LogP contribution in [-0.2, 0) is 4.74 Å². The van der Waals surface area contributed by atoms with Gasteiger partial charge in [-0.15, -0.1) is 0 Å². The summed E-state index contributed by atoms with van der Waals surface area (Å²) < 4.78 is 5.41. The lowest BCUT2D eigenvalue weighted by atomic mass is 9.92. The van der Waals surface area contributed by atoms with Crippen LogP contribution in [0.2, 0.25) is 0 Å². The molecule has 0 saturated carbocycles. The number of nitrogens with zero attached hydrogens (tertiary/aromatic N) is 2. The molecule has 0 spiro atoms. The molecule has 2 heterocycles. The normalized spacial score (nSPS) is 25.6. The molecule has 1 aromatic carbocycles. The van der Waals surface area contributed by atoms with Crippen molar-refractivity contribution in [2.45, 2.75) is 33.2 Å². The maximum absolute atomic E-state index is 12.6. The fraction of sp³-hybridized carbons (Fsp3) is 0.650. The number of ether oxygens (including phenoxy) is 1. The standard InChI is InChI=1S/C20H31N3O2/c1-15-12-16(2)14-23(13-15)20(24)21-17(3)18-4-6-19(7-5-18)22-8-10-25-11-9-22/h4-7,15-17H,8-14H2,1-3H3,(H,21,24). The summed E-state index contributed by atoms with van der Waals surface area (Å²) in [4.78, 5) is 16.9. The summed E-state index contributed by atoms with van der Waals surface area (Å²) in [6.45, 7) is 11.7. The lowest BCUT2D eigenvalue weighted by Crippen LogP contribution is -2.48. The van der Waals surface area contributed by atoms with E-state index in [0.29, 0.717) is 11.8 Å². The molecule has 3 atom stereocenters. The zero-order valence-corrected chi connectivity index (χ0v) is 15.7. The van der Waals surface area contributed by atoms with Crippen LogP contribution in [0.1, 0.15) is 38.8 Å². The van der Waals surface area contributed by atoms with Gasteiger partial charge in [0.1, 0.15) is 0 Å². The Morgan fingerprint density at radius 2 is 1.72 bits per heavy atom. The van der Waals surface area contributed by atoms with Gasteiger partial charge in [0.25, 0.3) is 0 Å². The molecule has 2 aliphatic heterocycles. The van der Waals surface area contributed by atoms with Crippen molar-refractivity contribution in [1.29, 1.82) is 0 Å². The van der Waals surface area contributed by atoms with Gasteiger partial charge >= 0.3 is 6.03 Å². The molecule has 0 radical (unpaired) electrons. The summed E-state index contributed by atoms with van der Waals surface area (Å²) >= 11 is 0. The highest BCUT2D eigenvalue weighted by molar-refractivity contribution is 5.75. The van der Waals surface area contributed by atoms with Crippen molar-refractivity contribution in [3.05, 3.63) is 29.8 Å². The fourth-order valence-corrected chi connectivity index (χ4v) is 3.98. The van der Waals surface area contributed by atoms with E-state index in [9.17, 15) is 4.79 Å². The van der Waals surface area contributed by atoms with Gasteiger partial charge in [-0.3, -0.25) is 0 Å². The zero-order valence-electron chi connectivity index (χ0n) is 15.7. The molecule has 5 heteroatoms. The molecule has 1 aromatic rings. The van der Waals surface area contributed by atoms with Gasteiger partial charge in [0.05, 0.1) is 19.3 Å². The van der Waals surface area contributed by atoms with Crippen molar-refractivity contribution in [2.75, 3.05) is 44.3 Å². The van der Waals surface area contributed by atoms with Crippen LogP contribution < -0.4 is 10.2 Å². The van der Waals surface area contributed by atoms with Crippen molar-refractivity contribution in [1.82, 2.24) is 10.2 Å². The van der Waals surface area contributed by atoms with Crippen LogP contribution in [0.5, 0.6) is 0 Å². The molecule has 5 nitrogen and oxygen atoms in total. The maximum Gasteiger partial charge on any atom is 0.317 e. The third kappa shape index (κ3) is 4.66. The summed E-state index contributed by atoms with van der Waals surface area (Å²) in [5, 5.41) is 3.16. The summed E-state index contributed by atoms with van der Waals surface area (Å²) in [5.41, 5.74) is 2.37. The first-order valence-electron chi connectivity index (χ1n) is 9.51. The van der Waals surface area contributed by atoms with Crippen molar-refractivity contribution >= 4 is 11.7 Å². The molecule has 2 saturated heterocycles. The highest BCUT2D eigenvalue weighted by atomic mass is 16.5. The molecular weight excluding hydrogens is 314 g/mol. The molecule has 25 heavy (non-hydrogen) atoms. The Morgan fingerprint density at radius 3 is 2.32 bits per heavy atom. The van der Waals surface area contributed by atoms with E-state index in [0.717, 1.165) is 45.0 Å². The highest BCUT2D eigenvalue weighted by Gasteiger charge is 2.26. The second-order valence-electron chi connectivity index (χ2n) is 7.71. The monoisotopic (exact) mass is 345 g/mol. The first-order chi connectivity index (χ1) is 12.0. The third-order valence-corrected chi connectivity index (χ3v) is 5.27. The van der Waals surface area contributed by atoms with Crippen molar-refractivity contribution in [3.8, 4) is 0 Å². The molecule has 0 aromatic heterocycles. The number of hydrogen-bond donors (Lipinski definition) is 1. The van der Waals surface area contributed by atoms with Crippen LogP contribution in [0.15, 0.2) is 24.3 Å². The Morgan fingerprint density at radius 1 is 1.12 bits per heavy atom. The number of hydrogen-bond acceptors (Lipinski definition) is 3. The minimum absolute atomic E-state index is 0.0128. The summed E-state index contributed by atoms with van der Waals surface area (Å²) in [5.74, 6) is 1.16. The lowest BCUT2D eigenvalue weighted by Gasteiger charge is -2.35. The Bertz CT molecular complexity index is 559. The summed E-state index contributed by atoms with van der Waals surface area (Å²) in [7, 11) is 0. The van der Waals surface area contributed by atoms with Gasteiger partial charge in [-0.1, -0.05) is 26.0 Å². The van der Waals surface area contributed by atoms with Crippen LogP contribution in [0.25, 0.3) is 0 Å². The van der Waals surface area contributed by atoms with Crippen LogP contribution in [0, 0.1) is 11.8 Å². The van der Waals surface area contributed by atoms with Gasteiger partial charge in [-0.25, -0.2) is 4.79 Å². The number of benzene rings is 1. The van der Waals surface area contributed by atoms with Gasteiger partial charge in [-0.05, 0) is 42.9 Å². The topological polar surface area (TPSA) is 44.8 Å². The van der Waals surface area contributed by atoms with Gasteiger partial charge in [0, 0.05) is 31.9 Å². The Balaban J connectivity index is 1.57. The number of carbonyl (C=O) groups excluding carboxylic acids is 1. The smallest absolute Gasteiger partial charge is 0.317 e. The van der Waals surface area contributed by atoms with E-state index in [-0.39, 0.29) is 12.1 Å². The molecular formula is C20H31N3O2. The minimum atomic E-state index is 0.0128. The molecule has 2 amide bonds. The second-order valence-corrected chi connectivity index (χ2v) is 7.71. The number of anilines is 1. The Labute approximate surface area is 151 Å². The molecule has 2 aliphatic rings. The number of urea groups is 1. The van der Waals surface area contributed by atoms with E-state index < -0.39 is 0 Å². The van der Waals surface area contributed by atoms with Gasteiger partial charge < -0.3 is 19.9 Å². The first-order valence-corrected chi connectivity index (χ1v) is 9.51. The van der Waals surface area contributed by atoms with Gasteiger partial charge in [0.15, 0.2) is 0 Å². The minimum Gasteiger partial charge on any atom is -0.378 e. The molecule has 138 valence electrons. The number of amides is 2. The highest BCUT2D eigenvalue weighted by Crippen LogP contribution is 2.23. The SMILES string of the molecule is CC1CC(C)CN(C(=O)NC(C)c2ccc(N3CCOCC3)cc2)C1. The quantitative estimate of drug-likeness (QED) is 0.914. The summed E-state index contributed by atoms with van der Waals surface area (Å²) in [6.07, 6.45) is 1.21. The molecule has 2 fully saturated rings. The average Bonchev–Trinajstić information content (AvgIpc) is 2.61. The summed E-state index contributed by atoms with van der Waals surface area (Å²) in [6, 6.07) is 8.61. The van der Waals surface area contributed by atoms with E-state index in [1.807, 2.05) is 4.90 Å². The van der Waals surface area contributed by atoms with Crippen LogP contribution >= 0.6 is 0 Å². The lowest BCUT2D eigenvalue weighted by molar-refractivity contribution is 0.122. The van der Waals surface area contributed by atoms with E-state index in [1.54, 1.807) is 0 Å². The molecule has 3 unspecified atom stereocenters. The number of likely N-dealkylation sites (tertiary alicyclic amines) is 1. The van der Waals surface area contributed by atoms with Crippen molar-refractivity contribution < 1.29 is 9.53 Å². The zero-order chi connectivity index (χ0) is 17.8. The van der Waals surface area contributed by atoms with E-state index in [1.165, 1.54) is 12.1 Å². The van der Waals surface area contributed by atoms with Crippen LogP contribution in [0.4, 0.5) is 10.5 Å². The number of piperidine rings is 1. The Hall–Kier alpha value is -1.75. The van der Waals surface area contributed by atoms with E-state index >= 15 is 0 Å². The Kier molecular flexibility index (Phi) is 5.84. The predicted molar refractivity (Wildman–Crippen MR) is 101 cm³/mol. The number of morpholine rings is 1. The third-order valence-electron chi connectivity index (χ3n) is 5.27. The van der Waals surface area contributed by atoms with Crippen molar-refractivity contribution in [3.63, 3.8) is 0 Å². The number of nitrogens with one attached hydrogen (secondary N) is 1. The average molecular weight is 345 g/mol. The predicted octanol–water partition coefficient (Wildman–Crippen LogP) is 3.27. The molecule has 1 N–H and O–H groups in total. The van der Waals surface area contributed by atoms with E-state index in [4.69, 9.17) is 4.74 Å². The number of rotatable bonds is 3. The van der Waals surface area contributed by atoms with Gasteiger partial charge in [0.2, 0.25) is 0 Å². The molecule has 3 rings (SSSR count). The fourth-order valence-electron chi connectivity index (χ4n) is 3.98. The second kappa shape index (κ2) is 8.09. The van der Waals surface area contributed by atoms with E-state index in [2.05, 4.69) is 55.3 Å². The van der Waals surface area contributed by atoms with Crippen LogP contribution in [0.3, 0.4) is 0 Å². The van der Waals surface area contributed by atoms with Gasteiger partial charge in [-0.2, -0.15) is 0 Å². The number of carbonyl (C=O) groups is 1. The van der Waals surface area contributed by atoms with Crippen LogP contribution in [-0.4, -0.2) is 50.3 Å². The maximum atomic E-state index is 12.6.